The number of carbonyl (C=O) groups is 2. The summed E-state index contributed by atoms with van der Waals surface area (Å²) >= 11 is 7.12. The van der Waals surface area contributed by atoms with Gasteiger partial charge in [-0.1, -0.05) is 23.7 Å². The lowest BCUT2D eigenvalue weighted by Gasteiger charge is -2.04. The van der Waals surface area contributed by atoms with Crippen molar-refractivity contribution < 1.29 is 14.3 Å². The lowest BCUT2D eigenvalue weighted by atomic mass is 10.2. The number of ether oxygens (including phenoxy) is 1. The zero-order chi connectivity index (χ0) is 15.9. The fourth-order valence-electron chi connectivity index (χ4n) is 1.59. The van der Waals surface area contributed by atoms with Gasteiger partial charge in [-0.2, -0.15) is 0 Å². The monoisotopic (exact) mass is 339 g/mol. The Balaban J connectivity index is 1.90. The summed E-state index contributed by atoms with van der Waals surface area (Å²) in [6.45, 7) is 1.79. The summed E-state index contributed by atoms with van der Waals surface area (Å²) in [5.41, 5.74) is 1.64. The first-order chi connectivity index (χ1) is 10.6. The summed E-state index contributed by atoms with van der Waals surface area (Å²) in [5.74, 6) is -0.487. The second-order valence-electron chi connectivity index (χ2n) is 4.16. The maximum Gasteiger partial charge on any atom is 0.325 e. The zero-order valence-electron chi connectivity index (χ0n) is 11.8. The van der Waals surface area contributed by atoms with E-state index in [9.17, 15) is 9.59 Å². The Hall–Kier alpha value is -2.12. The average molecular weight is 340 g/mol. The van der Waals surface area contributed by atoms with Crippen molar-refractivity contribution in [3.8, 4) is 11.3 Å². The third-order valence-electron chi connectivity index (χ3n) is 2.56. The van der Waals surface area contributed by atoms with Crippen LogP contribution in [0.15, 0.2) is 29.6 Å². The Labute approximate surface area is 136 Å². The Morgan fingerprint density at radius 3 is 2.73 bits per heavy atom. The highest BCUT2D eigenvalue weighted by Gasteiger charge is 2.09. The Kier molecular flexibility index (Phi) is 5.74. The molecule has 2 amide bonds. The van der Waals surface area contributed by atoms with E-state index in [1.807, 2.05) is 17.5 Å². The Bertz CT molecular complexity index is 658. The molecule has 0 unspecified atom stereocenters. The summed E-state index contributed by atoms with van der Waals surface area (Å²) in [6, 6.07) is 6.74. The van der Waals surface area contributed by atoms with Crippen molar-refractivity contribution in [2.45, 2.75) is 6.92 Å². The van der Waals surface area contributed by atoms with Crippen molar-refractivity contribution in [3.05, 3.63) is 34.7 Å². The summed E-state index contributed by atoms with van der Waals surface area (Å²) < 4.78 is 4.71. The van der Waals surface area contributed by atoms with E-state index in [2.05, 4.69) is 15.6 Å². The van der Waals surface area contributed by atoms with Crippen LogP contribution in [-0.2, 0) is 9.53 Å². The number of urea groups is 1. The van der Waals surface area contributed by atoms with Gasteiger partial charge in [0.05, 0.1) is 12.3 Å². The van der Waals surface area contributed by atoms with Crippen molar-refractivity contribution in [1.29, 1.82) is 0 Å². The van der Waals surface area contributed by atoms with Gasteiger partial charge in [0.1, 0.15) is 6.54 Å². The molecule has 0 atom stereocenters. The summed E-state index contributed by atoms with van der Waals surface area (Å²) in [7, 11) is 0. The predicted molar refractivity (Wildman–Crippen MR) is 86.2 cm³/mol. The molecule has 22 heavy (non-hydrogen) atoms. The highest BCUT2D eigenvalue weighted by molar-refractivity contribution is 7.14. The van der Waals surface area contributed by atoms with Gasteiger partial charge in [-0.25, -0.2) is 9.78 Å². The number of esters is 1. The molecular formula is C14H14ClN3O3S. The molecule has 0 radical (unpaired) electrons. The first-order valence-corrected chi connectivity index (χ1v) is 7.76. The van der Waals surface area contributed by atoms with E-state index in [0.717, 1.165) is 11.3 Å². The fraction of sp³-hybridized carbons (Fsp3) is 0.214. The van der Waals surface area contributed by atoms with Crippen LogP contribution in [-0.4, -0.2) is 30.1 Å². The number of hydrogen-bond acceptors (Lipinski definition) is 5. The number of anilines is 1. The van der Waals surface area contributed by atoms with Gasteiger partial charge < -0.3 is 10.1 Å². The molecule has 0 aliphatic heterocycles. The number of benzene rings is 1. The summed E-state index contributed by atoms with van der Waals surface area (Å²) in [6.07, 6.45) is 0. The minimum Gasteiger partial charge on any atom is -0.465 e. The lowest BCUT2D eigenvalue weighted by molar-refractivity contribution is -0.141. The standard InChI is InChI=1S/C14H14ClN3O3S/c1-2-21-12(19)7-16-13(20)18-14-17-11(8-22-14)9-3-5-10(15)6-4-9/h3-6,8H,2,7H2,1H3,(H2,16,17,18,20). The third kappa shape index (κ3) is 4.71. The summed E-state index contributed by atoms with van der Waals surface area (Å²) in [4.78, 5) is 27.1. The average Bonchev–Trinajstić information content (AvgIpc) is 2.95. The molecule has 116 valence electrons. The maximum absolute atomic E-state index is 11.6. The lowest BCUT2D eigenvalue weighted by Crippen LogP contribution is -2.34. The van der Waals surface area contributed by atoms with Gasteiger partial charge in [0.2, 0.25) is 0 Å². The highest BCUT2D eigenvalue weighted by Crippen LogP contribution is 2.25. The molecule has 0 saturated carbocycles. The first-order valence-electron chi connectivity index (χ1n) is 6.50. The van der Waals surface area contributed by atoms with Crippen LogP contribution in [0.25, 0.3) is 11.3 Å². The fourth-order valence-corrected chi connectivity index (χ4v) is 2.43. The van der Waals surface area contributed by atoms with Gasteiger partial charge >= 0.3 is 12.0 Å². The number of hydrogen-bond donors (Lipinski definition) is 2. The molecule has 0 aliphatic rings. The van der Waals surface area contributed by atoms with Crippen LogP contribution in [0, 0.1) is 0 Å². The van der Waals surface area contributed by atoms with Crippen LogP contribution in [0.4, 0.5) is 9.93 Å². The van der Waals surface area contributed by atoms with Gasteiger partial charge in [0, 0.05) is 16.0 Å². The molecule has 0 saturated heterocycles. The Morgan fingerprint density at radius 1 is 1.32 bits per heavy atom. The Morgan fingerprint density at radius 2 is 2.05 bits per heavy atom. The molecule has 0 aliphatic carbocycles. The number of nitrogens with one attached hydrogen (secondary N) is 2. The molecule has 0 spiro atoms. The number of rotatable bonds is 5. The van der Waals surface area contributed by atoms with Gasteiger partial charge in [0.25, 0.3) is 0 Å². The van der Waals surface area contributed by atoms with E-state index in [1.54, 1.807) is 19.1 Å². The number of amides is 2. The number of nitrogens with zero attached hydrogens (tertiary/aromatic N) is 1. The predicted octanol–water partition coefficient (Wildman–Crippen LogP) is 3.15. The third-order valence-corrected chi connectivity index (χ3v) is 3.57. The smallest absolute Gasteiger partial charge is 0.325 e. The van der Waals surface area contributed by atoms with Crippen molar-refractivity contribution in [2.24, 2.45) is 0 Å². The minimum atomic E-state index is -0.509. The SMILES string of the molecule is CCOC(=O)CNC(=O)Nc1nc(-c2ccc(Cl)cc2)cs1. The van der Waals surface area contributed by atoms with E-state index >= 15 is 0 Å². The highest BCUT2D eigenvalue weighted by atomic mass is 35.5. The van der Waals surface area contributed by atoms with Crippen LogP contribution < -0.4 is 10.6 Å². The van der Waals surface area contributed by atoms with Crippen molar-refractivity contribution in [1.82, 2.24) is 10.3 Å². The molecule has 1 heterocycles. The van der Waals surface area contributed by atoms with Crippen molar-refractivity contribution in [2.75, 3.05) is 18.5 Å². The maximum atomic E-state index is 11.6. The minimum absolute atomic E-state index is 0.185. The van der Waals surface area contributed by atoms with E-state index in [0.29, 0.717) is 10.2 Å². The zero-order valence-corrected chi connectivity index (χ0v) is 13.3. The second kappa shape index (κ2) is 7.77. The van der Waals surface area contributed by atoms with Crippen LogP contribution in [0.2, 0.25) is 5.02 Å². The number of carbonyl (C=O) groups excluding carboxylic acids is 2. The van der Waals surface area contributed by atoms with Crippen LogP contribution in [0.5, 0.6) is 0 Å². The van der Waals surface area contributed by atoms with Crippen LogP contribution >= 0.6 is 22.9 Å². The molecular weight excluding hydrogens is 326 g/mol. The molecule has 0 fully saturated rings. The van der Waals surface area contributed by atoms with Crippen LogP contribution in [0.1, 0.15) is 6.92 Å². The number of aromatic nitrogens is 1. The largest absolute Gasteiger partial charge is 0.465 e. The molecule has 2 aromatic rings. The molecule has 0 bridgehead atoms. The van der Waals surface area contributed by atoms with E-state index in [4.69, 9.17) is 16.3 Å². The second-order valence-corrected chi connectivity index (χ2v) is 5.45. The summed E-state index contributed by atoms with van der Waals surface area (Å²) in [5, 5.41) is 7.87. The normalized spacial score (nSPS) is 10.1. The van der Waals surface area contributed by atoms with Crippen LogP contribution in [0.3, 0.4) is 0 Å². The van der Waals surface area contributed by atoms with Gasteiger partial charge in [-0.15, -0.1) is 11.3 Å². The van der Waals surface area contributed by atoms with E-state index in [1.165, 1.54) is 11.3 Å². The van der Waals surface area contributed by atoms with E-state index < -0.39 is 12.0 Å². The first kappa shape index (κ1) is 16.3. The molecule has 6 nitrogen and oxygen atoms in total. The van der Waals surface area contributed by atoms with Crippen molar-refractivity contribution >= 4 is 40.1 Å². The molecule has 8 heteroatoms. The van der Waals surface area contributed by atoms with Gasteiger partial charge in [0.15, 0.2) is 5.13 Å². The number of halogens is 1. The van der Waals surface area contributed by atoms with Crippen molar-refractivity contribution in [3.63, 3.8) is 0 Å². The molecule has 1 aromatic carbocycles. The topological polar surface area (TPSA) is 80.3 Å². The van der Waals surface area contributed by atoms with Gasteiger partial charge in [-0.3, -0.25) is 10.1 Å². The molecule has 1 aromatic heterocycles. The molecule has 2 rings (SSSR count). The quantitative estimate of drug-likeness (QED) is 0.820. The van der Waals surface area contributed by atoms with Gasteiger partial charge in [-0.05, 0) is 19.1 Å². The molecule has 2 N–H and O–H groups in total. The number of thiazole rings is 1. The van der Waals surface area contributed by atoms with E-state index in [-0.39, 0.29) is 13.2 Å².